The molecule has 0 aromatic carbocycles. The van der Waals surface area contributed by atoms with Crippen LogP contribution in [0.3, 0.4) is 0 Å². The number of halogens is 3. The molecule has 1 aliphatic rings. The van der Waals surface area contributed by atoms with E-state index < -0.39 is 57.3 Å². The van der Waals surface area contributed by atoms with Crippen molar-refractivity contribution in [2.45, 2.75) is 40.8 Å². The smallest absolute Gasteiger partial charge is 0.434 e. The van der Waals surface area contributed by atoms with E-state index in [0.29, 0.717) is 0 Å². The standard InChI is InChI=1S/C22H21F3N2O5/c1-6-32-18-13-10(7-8-26-18)9-11(15(27-13)22(23,24)25)14(28)12-16(29)20(2,3)19(31)21(4,5)17(12)30/h7-9,12H,6H2,1-5H3. The number of fused-ring (bicyclic) bond motifs is 1. The van der Waals surface area contributed by atoms with E-state index in [4.69, 9.17) is 4.74 Å². The number of hydrogen-bond donors (Lipinski definition) is 0. The van der Waals surface area contributed by atoms with Crippen LogP contribution in [-0.2, 0) is 20.6 Å². The fraction of sp³-hybridized carbons (Fsp3) is 0.455. The number of hydrogen-bond acceptors (Lipinski definition) is 7. The fourth-order valence-electron chi connectivity index (χ4n) is 3.96. The zero-order valence-electron chi connectivity index (χ0n) is 18.1. The lowest BCUT2D eigenvalue weighted by atomic mass is 9.57. The van der Waals surface area contributed by atoms with Gasteiger partial charge in [-0.2, -0.15) is 13.2 Å². The molecule has 2 aromatic heterocycles. The Kier molecular flexibility index (Phi) is 5.47. The summed E-state index contributed by atoms with van der Waals surface area (Å²) in [5, 5.41) is 0.116. The van der Waals surface area contributed by atoms with Crippen molar-refractivity contribution in [1.29, 1.82) is 0 Å². The van der Waals surface area contributed by atoms with Crippen LogP contribution in [0.1, 0.15) is 50.7 Å². The van der Waals surface area contributed by atoms with Crippen LogP contribution in [0.15, 0.2) is 18.3 Å². The Hall–Kier alpha value is -3.17. The van der Waals surface area contributed by atoms with E-state index in [1.54, 1.807) is 6.92 Å². The van der Waals surface area contributed by atoms with Gasteiger partial charge in [-0.3, -0.25) is 19.2 Å². The number of pyridine rings is 2. The first-order valence-electron chi connectivity index (χ1n) is 9.83. The molecule has 0 bridgehead atoms. The molecule has 2 aromatic rings. The average molecular weight is 450 g/mol. The third-order valence-corrected chi connectivity index (χ3v) is 5.67. The Labute approximate surface area is 181 Å². The SMILES string of the molecule is CCOc1nccc2cc(C(=O)C3C(=O)C(C)(C)C(=O)C(C)(C)C3=O)c(C(F)(F)F)nc12. The van der Waals surface area contributed by atoms with Crippen molar-refractivity contribution < 1.29 is 37.1 Å². The molecule has 0 saturated heterocycles. The molecule has 0 amide bonds. The number of carbonyl (C=O) groups excluding carboxylic acids is 4. The van der Waals surface area contributed by atoms with Crippen LogP contribution >= 0.6 is 0 Å². The molecule has 1 saturated carbocycles. The fourth-order valence-corrected chi connectivity index (χ4v) is 3.96. The van der Waals surface area contributed by atoms with Crippen molar-refractivity contribution in [2.75, 3.05) is 6.61 Å². The summed E-state index contributed by atoms with van der Waals surface area (Å²) >= 11 is 0. The van der Waals surface area contributed by atoms with Crippen molar-refractivity contribution in [3.63, 3.8) is 0 Å². The topological polar surface area (TPSA) is 103 Å². The summed E-state index contributed by atoms with van der Waals surface area (Å²) in [7, 11) is 0. The van der Waals surface area contributed by atoms with Crippen LogP contribution in [0.2, 0.25) is 0 Å². The zero-order valence-corrected chi connectivity index (χ0v) is 18.1. The molecule has 1 fully saturated rings. The summed E-state index contributed by atoms with van der Waals surface area (Å²) in [6.07, 6.45) is -3.79. The van der Waals surface area contributed by atoms with Crippen LogP contribution in [0.4, 0.5) is 13.2 Å². The van der Waals surface area contributed by atoms with Gasteiger partial charge in [-0.1, -0.05) is 0 Å². The van der Waals surface area contributed by atoms with Gasteiger partial charge in [0, 0.05) is 11.6 Å². The first kappa shape index (κ1) is 23.5. The Bertz CT molecular complexity index is 1140. The molecule has 0 N–H and O–H groups in total. The maximum atomic E-state index is 13.9. The Morgan fingerprint density at radius 3 is 2.16 bits per heavy atom. The van der Waals surface area contributed by atoms with Crippen molar-refractivity contribution in [3.8, 4) is 5.88 Å². The van der Waals surface area contributed by atoms with E-state index >= 15 is 0 Å². The van der Waals surface area contributed by atoms with Gasteiger partial charge in [-0.15, -0.1) is 0 Å². The predicted octanol–water partition coefficient (Wildman–Crippen LogP) is 3.62. The number of rotatable bonds is 4. The van der Waals surface area contributed by atoms with Gasteiger partial charge in [0.1, 0.15) is 11.4 Å². The van der Waals surface area contributed by atoms with Gasteiger partial charge in [-0.25, -0.2) is 9.97 Å². The second-order valence-corrected chi connectivity index (χ2v) is 8.61. The van der Waals surface area contributed by atoms with Crippen LogP contribution in [0.25, 0.3) is 10.9 Å². The second kappa shape index (κ2) is 7.46. The number of ether oxygens (including phenoxy) is 1. The maximum absolute atomic E-state index is 13.9. The lowest BCUT2D eigenvalue weighted by molar-refractivity contribution is -0.158. The molecule has 2 heterocycles. The van der Waals surface area contributed by atoms with Crippen LogP contribution < -0.4 is 4.74 Å². The van der Waals surface area contributed by atoms with E-state index in [0.717, 1.165) is 6.07 Å². The minimum absolute atomic E-state index is 0.116. The molecular weight excluding hydrogens is 429 g/mol. The van der Waals surface area contributed by atoms with Gasteiger partial charge in [0.25, 0.3) is 0 Å². The number of carbonyl (C=O) groups is 4. The van der Waals surface area contributed by atoms with E-state index in [1.165, 1.54) is 40.0 Å². The normalized spacial score (nSPS) is 18.8. The first-order chi connectivity index (χ1) is 14.7. The van der Waals surface area contributed by atoms with Crippen LogP contribution in [-0.4, -0.2) is 39.7 Å². The number of ketones is 4. The second-order valence-electron chi connectivity index (χ2n) is 8.61. The molecule has 0 unspecified atom stereocenters. The third-order valence-electron chi connectivity index (χ3n) is 5.67. The summed E-state index contributed by atoms with van der Waals surface area (Å²) in [5.74, 6) is -6.29. The van der Waals surface area contributed by atoms with Gasteiger partial charge >= 0.3 is 6.18 Å². The number of Topliss-reactive ketones (excluding diaryl/α,β-unsaturated/α-hetero) is 4. The summed E-state index contributed by atoms with van der Waals surface area (Å²) in [5.41, 5.74) is -6.13. The first-order valence-corrected chi connectivity index (χ1v) is 9.83. The quantitative estimate of drug-likeness (QED) is 0.518. The van der Waals surface area contributed by atoms with Crippen molar-refractivity contribution in [3.05, 3.63) is 29.6 Å². The predicted molar refractivity (Wildman–Crippen MR) is 106 cm³/mol. The van der Waals surface area contributed by atoms with Gasteiger partial charge in [-0.05, 0) is 46.8 Å². The lowest BCUT2D eigenvalue weighted by Crippen LogP contribution is -2.59. The van der Waals surface area contributed by atoms with Gasteiger partial charge < -0.3 is 4.74 Å². The third kappa shape index (κ3) is 3.47. The summed E-state index contributed by atoms with van der Waals surface area (Å²) in [6.45, 7) is 6.78. The van der Waals surface area contributed by atoms with Crippen molar-refractivity contribution in [1.82, 2.24) is 9.97 Å². The number of nitrogens with zero attached hydrogens (tertiary/aromatic N) is 2. The van der Waals surface area contributed by atoms with Crippen LogP contribution in [0, 0.1) is 16.7 Å². The molecule has 0 aliphatic heterocycles. The number of alkyl halides is 3. The molecule has 32 heavy (non-hydrogen) atoms. The van der Waals surface area contributed by atoms with Gasteiger partial charge in [0.05, 0.1) is 23.0 Å². The average Bonchev–Trinajstić information content (AvgIpc) is 2.71. The molecular formula is C22H21F3N2O5. The highest BCUT2D eigenvalue weighted by atomic mass is 19.4. The van der Waals surface area contributed by atoms with Crippen molar-refractivity contribution >= 4 is 34.0 Å². The molecule has 7 nitrogen and oxygen atoms in total. The van der Waals surface area contributed by atoms with E-state index in [-0.39, 0.29) is 23.4 Å². The number of aromatic nitrogens is 2. The largest absolute Gasteiger partial charge is 0.476 e. The Morgan fingerprint density at radius 1 is 1.09 bits per heavy atom. The maximum Gasteiger partial charge on any atom is 0.434 e. The van der Waals surface area contributed by atoms with E-state index in [9.17, 15) is 32.3 Å². The molecule has 0 spiro atoms. The Morgan fingerprint density at radius 2 is 1.66 bits per heavy atom. The monoisotopic (exact) mass is 450 g/mol. The molecule has 10 heteroatoms. The summed E-state index contributed by atoms with van der Waals surface area (Å²) < 4.78 is 46.9. The van der Waals surface area contributed by atoms with E-state index in [2.05, 4.69) is 9.97 Å². The molecule has 170 valence electrons. The van der Waals surface area contributed by atoms with Crippen LogP contribution in [0.5, 0.6) is 5.88 Å². The summed E-state index contributed by atoms with van der Waals surface area (Å²) in [4.78, 5) is 59.3. The minimum atomic E-state index is -5.07. The Balaban J connectivity index is 2.26. The highest BCUT2D eigenvalue weighted by molar-refractivity contribution is 6.37. The molecule has 0 atom stereocenters. The van der Waals surface area contributed by atoms with E-state index in [1.807, 2.05) is 0 Å². The minimum Gasteiger partial charge on any atom is -0.476 e. The van der Waals surface area contributed by atoms with Gasteiger partial charge in [0.2, 0.25) is 5.88 Å². The molecule has 3 rings (SSSR count). The zero-order chi connectivity index (χ0) is 24.2. The molecule has 1 aliphatic carbocycles. The molecule has 0 radical (unpaired) electrons. The van der Waals surface area contributed by atoms with Crippen molar-refractivity contribution in [2.24, 2.45) is 16.7 Å². The summed E-state index contributed by atoms with van der Waals surface area (Å²) in [6, 6.07) is 2.26. The highest BCUT2D eigenvalue weighted by Crippen LogP contribution is 2.43. The lowest BCUT2D eigenvalue weighted by Gasteiger charge is -2.40. The van der Waals surface area contributed by atoms with Gasteiger partial charge in [0.15, 0.2) is 28.8 Å². The highest BCUT2D eigenvalue weighted by Gasteiger charge is 2.60.